The lowest BCUT2D eigenvalue weighted by Crippen LogP contribution is -2.51. The highest BCUT2D eigenvalue weighted by molar-refractivity contribution is 5.75. The highest BCUT2D eigenvalue weighted by atomic mass is 16.5. The maximum atomic E-state index is 12.7. The number of carbonyl (C=O) groups is 1. The van der Waals surface area contributed by atoms with Gasteiger partial charge in [-0.1, -0.05) is 6.92 Å². The second kappa shape index (κ2) is 6.60. The summed E-state index contributed by atoms with van der Waals surface area (Å²) in [5.74, 6) is 1.35. The Morgan fingerprint density at radius 2 is 2.16 bits per heavy atom. The second-order valence-corrected chi connectivity index (χ2v) is 6.24. The summed E-state index contributed by atoms with van der Waals surface area (Å²) in [7, 11) is 1.70. The highest BCUT2D eigenvalue weighted by Gasteiger charge is 2.36. The molecule has 2 rings (SSSR count). The van der Waals surface area contributed by atoms with Gasteiger partial charge >= 0.3 is 6.03 Å². The van der Waals surface area contributed by atoms with Crippen molar-refractivity contribution in [2.24, 2.45) is 11.8 Å². The van der Waals surface area contributed by atoms with E-state index in [1.807, 2.05) is 9.80 Å². The number of nitrogens with zero attached hydrogens (tertiary/aromatic N) is 2. The second-order valence-electron chi connectivity index (χ2n) is 6.24. The molecule has 1 heterocycles. The maximum Gasteiger partial charge on any atom is 0.320 e. The third kappa shape index (κ3) is 3.85. The maximum absolute atomic E-state index is 12.7. The molecule has 110 valence electrons. The first-order valence-corrected chi connectivity index (χ1v) is 7.68. The zero-order valence-corrected chi connectivity index (χ0v) is 12.6. The van der Waals surface area contributed by atoms with Crippen LogP contribution in [0.25, 0.3) is 0 Å². The van der Waals surface area contributed by atoms with Crippen LogP contribution in [0.5, 0.6) is 0 Å². The zero-order valence-electron chi connectivity index (χ0n) is 12.6. The molecule has 4 nitrogen and oxygen atoms in total. The quantitative estimate of drug-likeness (QED) is 0.768. The molecule has 1 saturated heterocycles. The van der Waals surface area contributed by atoms with E-state index >= 15 is 0 Å². The molecule has 4 heteroatoms. The summed E-state index contributed by atoms with van der Waals surface area (Å²) in [6.45, 7) is 7.62. The lowest BCUT2D eigenvalue weighted by molar-refractivity contribution is 0.0921. The number of ether oxygens (including phenoxy) is 1. The summed E-state index contributed by atoms with van der Waals surface area (Å²) in [5.41, 5.74) is 0. The van der Waals surface area contributed by atoms with E-state index in [0.29, 0.717) is 24.5 Å². The van der Waals surface area contributed by atoms with Gasteiger partial charge in [-0.3, -0.25) is 0 Å². The van der Waals surface area contributed by atoms with Crippen molar-refractivity contribution in [3.63, 3.8) is 0 Å². The number of methoxy groups -OCH3 is 1. The summed E-state index contributed by atoms with van der Waals surface area (Å²) < 4.78 is 5.17. The van der Waals surface area contributed by atoms with Crippen molar-refractivity contribution in [2.75, 3.05) is 33.4 Å². The lowest BCUT2D eigenvalue weighted by atomic mass is 10.0. The van der Waals surface area contributed by atoms with Crippen molar-refractivity contribution in [2.45, 2.75) is 45.6 Å². The van der Waals surface area contributed by atoms with Gasteiger partial charge in [0.1, 0.15) is 0 Å². The first-order chi connectivity index (χ1) is 9.13. The van der Waals surface area contributed by atoms with Crippen LogP contribution < -0.4 is 0 Å². The van der Waals surface area contributed by atoms with Crippen LogP contribution in [0.4, 0.5) is 4.79 Å². The van der Waals surface area contributed by atoms with Crippen LogP contribution in [0.3, 0.4) is 0 Å². The molecular weight excluding hydrogens is 240 g/mol. The molecule has 2 aliphatic rings. The van der Waals surface area contributed by atoms with Gasteiger partial charge in [-0.2, -0.15) is 0 Å². The molecule has 2 atom stereocenters. The van der Waals surface area contributed by atoms with Gasteiger partial charge in [-0.15, -0.1) is 0 Å². The van der Waals surface area contributed by atoms with E-state index in [-0.39, 0.29) is 6.03 Å². The van der Waals surface area contributed by atoms with E-state index in [1.54, 1.807) is 7.11 Å². The standard InChI is InChI=1S/C15H28N2O2/c1-12-5-4-8-16(11-12)15(18)17(9-10-19-3)13(2)14-6-7-14/h12-14H,4-11H2,1-3H3. The fourth-order valence-electron chi connectivity index (χ4n) is 3.04. The van der Waals surface area contributed by atoms with Crippen molar-refractivity contribution < 1.29 is 9.53 Å². The van der Waals surface area contributed by atoms with E-state index < -0.39 is 0 Å². The predicted octanol–water partition coefficient (Wildman–Crippen LogP) is 2.59. The van der Waals surface area contributed by atoms with Gasteiger partial charge < -0.3 is 14.5 Å². The molecule has 2 amide bonds. The van der Waals surface area contributed by atoms with Gasteiger partial charge in [-0.25, -0.2) is 4.79 Å². The molecule has 0 radical (unpaired) electrons. The zero-order chi connectivity index (χ0) is 13.8. The monoisotopic (exact) mass is 268 g/mol. The molecule has 1 saturated carbocycles. The summed E-state index contributed by atoms with van der Waals surface area (Å²) in [6.07, 6.45) is 4.94. The average molecular weight is 268 g/mol. The van der Waals surface area contributed by atoms with Crippen molar-refractivity contribution in [1.82, 2.24) is 9.80 Å². The minimum Gasteiger partial charge on any atom is -0.383 e. The van der Waals surface area contributed by atoms with E-state index in [4.69, 9.17) is 4.74 Å². The van der Waals surface area contributed by atoms with Crippen LogP contribution >= 0.6 is 0 Å². The van der Waals surface area contributed by atoms with E-state index in [2.05, 4.69) is 13.8 Å². The Balaban J connectivity index is 1.96. The minimum atomic E-state index is 0.225. The smallest absolute Gasteiger partial charge is 0.320 e. The van der Waals surface area contributed by atoms with Gasteiger partial charge in [0.05, 0.1) is 6.61 Å². The number of piperidine rings is 1. The van der Waals surface area contributed by atoms with Gasteiger partial charge in [-0.05, 0) is 44.4 Å². The first kappa shape index (κ1) is 14.6. The summed E-state index contributed by atoms with van der Waals surface area (Å²) in [5, 5.41) is 0. The van der Waals surface area contributed by atoms with Crippen LogP contribution in [0.1, 0.15) is 39.5 Å². The third-order valence-electron chi connectivity index (χ3n) is 4.51. The predicted molar refractivity (Wildman–Crippen MR) is 76.1 cm³/mol. The Morgan fingerprint density at radius 1 is 1.42 bits per heavy atom. The summed E-state index contributed by atoms with van der Waals surface area (Å²) >= 11 is 0. The van der Waals surface area contributed by atoms with Crippen molar-refractivity contribution in [1.29, 1.82) is 0 Å². The van der Waals surface area contributed by atoms with Crippen LogP contribution in [0.2, 0.25) is 0 Å². The molecule has 2 fully saturated rings. The van der Waals surface area contributed by atoms with Crippen LogP contribution in [-0.2, 0) is 4.74 Å². The molecule has 0 aromatic carbocycles. The summed E-state index contributed by atoms with van der Waals surface area (Å²) in [4.78, 5) is 16.8. The Bertz CT molecular complexity index is 305. The number of urea groups is 1. The van der Waals surface area contributed by atoms with Crippen molar-refractivity contribution >= 4 is 6.03 Å². The number of amides is 2. The Morgan fingerprint density at radius 3 is 2.74 bits per heavy atom. The Hall–Kier alpha value is -0.770. The van der Waals surface area contributed by atoms with Crippen molar-refractivity contribution in [3.8, 4) is 0 Å². The van der Waals surface area contributed by atoms with Crippen molar-refractivity contribution in [3.05, 3.63) is 0 Å². The number of hydrogen-bond acceptors (Lipinski definition) is 2. The molecule has 0 aromatic rings. The van der Waals surface area contributed by atoms with Crippen LogP contribution in [0.15, 0.2) is 0 Å². The molecule has 1 aliphatic carbocycles. The third-order valence-corrected chi connectivity index (χ3v) is 4.51. The fourth-order valence-corrected chi connectivity index (χ4v) is 3.04. The minimum absolute atomic E-state index is 0.225. The molecule has 0 aromatic heterocycles. The SMILES string of the molecule is COCCN(C(=O)N1CCCC(C)C1)C(C)C1CC1. The molecule has 1 aliphatic heterocycles. The number of likely N-dealkylation sites (tertiary alicyclic amines) is 1. The van der Waals surface area contributed by atoms with Gasteiger partial charge in [0.25, 0.3) is 0 Å². The largest absolute Gasteiger partial charge is 0.383 e. The topological polar surface area (TPSA) is 32.8 Å². The number of rotatable bonds is 5. The normalized spacial score (nSPS) is 25.2. The molecule has 2 unspecified atom stereocenters. The van der Waals surface area contributed by atoms with Crippen LogP contribution in [0, 0.1) is 11.8 Å². The molecule has 0 N–H and O–H groups in total. The number of hydrogen-bond donors (Lipinski definition) is 0. The van der Waals surface area contributed by atoms with Gasteiger partial charge in [0, 0.05) is 32.8 Å². The summed E-state index contributed by atoms with van der Waals surface area (Å²) in [6, 6.07) is 0.586. The highest BCUT2D eigenvalue weighted by Crippen LogP contribution is 2.35. The number of carbonyl (C=O) groups excluding carboxylic acids is 1. The van der Waals surface area contributed by atoms with E-state index in [0.717, 1.165) is 26.1 Å². The van der Waals surface area contributed by atoms with E-state index in [1.165, 1.54) is 19.3 Å². The molecule has 0 bridgehead atoms. The Labute approximate surface area is 117 Å². The molecule has 19 heavy (non-hydrogen) atoms. The fraction of sp³-hybridized carbons (Fsp3) is 0.933. The molecular formula is C15H28N2O2. The Kier molecular flexibility index (Phi) is 5.08. The lowest BCUT2D eigenvalue weighted by Gasteiger charge is -2.38. The van der Waals surface area contributed by atoms with Gasteiger partial charge in [0.2, 0.25) is 0 Å². The van der Waals surface area contributed by atoms with Crippen LogP contribution in [-0.4, -0.2) is 55.2 Å². The first-order valence-electron chi connectivity index (χ1n) is 7.68. The van der Waals surface area contributed by atoms with Gasteiger partial charge in [0.15, 0.2) is 0 Å². The molecule has 0 spiro atoms. The van der Waals surface area contributed by atoms with E-state index in [9.17, 15) is 4.79 Å². The average Bonchev–Trinajstić information content (AvgIpc) is 3.23.